The normalized spacial score (nSPS) is 20.4. The molecule has 3 rings (SSSR count). The Hall–Kier alpha value is -1.74. The average molecular weight is 343 g/mol. The number of anilines is 1. The highest BCUT2D eigenvalue weighted by molar-refractivity contribution is 7.90. The predicted octanol–water partition coefficient (Wildman–Crippen LogP) is 2.10. The summed E-state index contributed by atoms with van der Waals surface area (Å²) in [5.41, 5.74) is -0.0436. The molecule has 0 aromatic heterocycles. The number of hydrogen-bond donors (Lipinski definition) is 1. The van der Waals surface area contributed by atoms with Crippen LogP contribution in [-0.2, 0) is 10.0 Å². The molecule has 0 unspecified atom stereocenters. The van der Waals surface area contributed by atoms with E-state index in [0.29, 0.717) is 25.9 Å². The quantitative estimate of drug-likeness (QED) is 0.653. The summed E-state index contributed by atoms with van der Waals surface area (Å²) in [6, 6.07) is 3.34. The summed E-state index contributed by atoms with van der Waals surface area (Å²) >= 11 is 0. The maximum absolute atomic E-state index is 13.1. The van der Waals surface area contributed by atoms with E-state index in [1.807, 2.05) is 0 Å². The van der Waals surface area contributed by atoms with Crippen molar-refractivity contribution in [3.05, 3.63) is 34.1 Å². The molecule has 1 aliphatic heterocycles. The minimum Gasteiger partial charge on any atom is -0.377 e. The van der Waals surface area contributed by atoms with Crippen molar-refractivity contribution >= 4 is 21.4 Å². The molecule has 1 heterocycles. The van der Waals surface area contributed by atoms with Crippen molar-refractivity contribution in [1.29, 1.82) is 0 Å². The van der Waals surface area contributed by atoms with Gasteiger partial charge >= 0.3 is 0 Å². The van der Waals surface area contributed by atoms with Gasteiger partial charge in [-0.25, -0.2) is 17.1 Å². The fourth-order valence-corrected chi connectivity index (χ4v) is 4.70. The minimum absolute atomic E-state index is 0.0650. The van der Waals surface area contributed by atoms with Crippen molar-refractivity contribution in [2.75, 3.05) is 18.4 Å². The van der Waals surface area contributed by atoms with Gasteiger partial charge in [-0.2, -0.15) is 0 Å². The summed E-state index contributed by atoms with van der Waals surface area (Å²) in [6.45, 7) is 0.816. The molecular weight excluding hydrogens is 325 g/mol. The smallest absolute Gasteiger partial charge is 0.295 e. The number of rotatable bonds is 5. The molecule has 0 bridgehead atoms. The fraction of sp³-hybridized carbons (Fsp3) is 0.571. The standard InChI is InChI=1S/C14H18FN3O4S/c15-10-1-4-13(14(9-10)18(19)20)16-11-5-7-17(8-6-11)23(21,22)12-2-3-12/h1,4,9,11-12,16H,2-3,5-8H2. The summed E-state index contributed by atoms with van der Waals surface area (Å²) in [7, 11) is -3.16. The number of hydrogen-bond acceptors (Lipinski definition) is 5. The molecule has 126 valence electrons. The lowest BCUT2D eigenvalue weighted by molar-refractivity contribution is -0.384. The molecule has 9 heteroatoms. The molecule has 0 amide bonds. The van der Waals surface area contributed by atoms with E-state index in [4.69, 9.17) is 0 Å². The highest BCUT2D eigenvalue weighted by Gasteiger charge is 2.41. The van der Waals surface area contributed by atoms with Crippen molar-refractivity contribution in [2.24, 2.45) is 0 Å². The molecule has 2 fully saturated rings. The summed E-state index contributed by atoms with van der Waals surface area (Å²) < 4.78 is 39.0. The summed E-state index contributed by atoms with van der Waals surface area (Å²) in [5.74, 6) is -0.660. The SMILES string of the molecule is O=[N+]([O-])c1cc(F)ccc1NC1CCN(S(=O)(=O)C2CC2)CC1. The van der Waals surface area contributed by atoms with Crippen LogP contribution in [0.3, 0.4) is 0 Å². The van der Waals surface area contributed by atoms with E-state index < -0.39 is 20.8 Å². The third kappa shape index (κ3) is 3.45. The van der Waals surface area contributed by atoms with Gasteiger partial charge in [0.2, 0.25) is 10.0 Å². The zero-order valence-electron chi connectivity index (χ0n) is 12.4. The Labute approximate surface area is 133 Å². The van der Waals surface area contributed by atoms with Crippen LogP contribution in [0.4, 0.5) is 15.8 Å². The number of nitro groups is 1. The van der Waals surface area contributed by atoms with Crippen LogP contribution in [0, 0.1) is 15.9 Å². The van der Waals surface area contributed by atoms with Gasteiger partial charge in [-0.1, -0.05) is 0 Å². The molecule has 0 radical (unpaired) electrons. The number of benzene rings is 1. The molecule has 1 aliphatic carbocycles. The maximum atomic E-state index is 13.1. The molecule has 1 N–H and O–H groups in total. The van der Waals surface area contributed by atoms with Crippen molar-refractivity contribution < 1.29 is 17.7 Å². The zero-order chi connectivity index (χ0) is 16.6. The third-order valence-electron chi connectivity index (χ3n) is 4.28. The first-order valence-electron chi connectivity index (χ1n) is 7.57. The van der Waals surface area contributed by atoms with Gasteiger partial charge in [0.05, 0.1) is 16.2 Å². The van der Waals surface area contributed by atoms with Gasteiger partial charge in [-0.05, 0) is 37.8 Å². The second-order valence-electron chi connectivity index (χ2n) is 5.98. The Morgan fingerprint density at radius 3 is 2.43 bits per heavy atom. The minimum atomic E-state index is -3.16. The lowest BCUT2D eigenvalue weighted by atomic mass is 10.1. The molecule has 1 saturated heterocycles. The van der Waals surface area contributed by atoms with Crippen molar-refractivity contribution in [3.8, 4) is 0 Å². The van der Waals surface area contributed by atoms with Gasteiger partial charge in [0.1, 0.15) is 11.5 Å². The van der Waals surface area contributed by atoms with Gasteiger partial charge in [0.15, 0.2) is 0 Å². The second-order valence-corrected chi connectivity index (χ2v) is 8.19. The first-order valence-corrected chi connectivity index (χ1v) is 9.07. The summed E-state index contributed by atoms with van der Waals surface area (Å²) in [5, 5.41) is 13.8. The third-order valence-corrected chi connectivity index (χ3v) is 6.67. The average Bonchev–Trinajstić information content (AvgIpc) is 3.34. The van der Waals surface area contributed by atoms with Crippen LogP contribution in [-0.4, -0.2) is 42.0 Å². The fourth-order valence-electron chi connectivity index (χ4n) is 2.83. The van der Waals surface area contributed by atoms with Crippen molar-refractivity contribution in [3.63, 3.8) is 0 Å². The Morgan fingerprint density at radius 2 is 1.87 bits per heavy atom. The molecule has 1 aromatic carbocycles. The monoisotopic (exact) mass is 343 g/mol. The maximum Gasteiger partial charge on any atom is 0.295 e. The van der Waals surface area contributed by atoms with Gasteiger partial charge in [-0.15, -0.1) is 0 Å². The molecule has 0 spiro atoms. The van der Waals surface area contributed by atoms with E-state index >= 15 is 0 Å². The molecular formula is C14H18FN3O4S. The number of nitrogens with zero attached hydrogens (tertiary/aromatic N) is 2. The van der Waals surface area contributed by atoms with Crippen molar-refractivity contribution in [2.45, 2.75) is 37.0 Å². The van der Waals surface area contributed by atoms with Crippen LogP contribution in [0.25, 0.3) is 0 Å². The van der Waals surface area contributed by atoms with Crippen LogP contribution in [0.5, 0.6) is 0 Å². The molecule has 7 nitrogen and oxygen atoms in total. The zero-order valence-corrected chi connectivity index (χ0v) is 13.3. The highest BCUT2D eigenvalue weighted by atomic mass is 32.2. The Balaban J connectivity index is 1.64. The summed E-state index contributed by atoms with van der Waals surface area (Å²) in [4.78, 5) is 10.4. The van der Waals surface area contributed by atoms with E-state index in [0.717, 1.165) is 18.9 Å². The predicted molar refractivity (Wildman–Crippen MR) is 83.2 cm³/mol. The van der Waals surface area contributed by atoms with Gasteiger partial charge in [0, 0.05) is 19.1 Å². The van der Waals surface area contributed by atoms with Gasteiger partial charge < -0.3 is 5.32 Å². The number of sulfonamides is 1. The first-order chi connectivity index (χ1) is 10.9. The molecule has 1 saturated carbocycles. The molecule has 0 atom stereocenters. The lowest BCUT2D eigenvalue weighted by Gasteiger charge is -2.32. The lowest BCUT2D eigenvalue weighted by Crippen LogP contribution is -2.43. The number of halogens is 1. The van der Waals surface area contributed by atoms with Gasteiger partial charge in [-0.3, -0.25) is 10.1 Å². The first kappa shape index (κ1) is 16.1. The Bertz CT molecular complexity index is 713. The van der Waals surface area contributed by atoms with E-state index in [9.17, 15) is 22.9 Å². The van der Waals surface area contributed by atoms with Crippen LogP contribution in [0.2, 0.25) is 0 Å². The molecule has 1 aromatic rings. The van der Waals surface area contributed by atoms with Crippen LogP contribution in [0.15, 0.2) is 18.2 Å². The highest BCUT2D eigenvalue weighted by Crippen LogP contribution is 2.33. The van der Waals surface area contributed by atoms with E-state index in [-0.39, 0.29) is 22.7 Å². The topological polar surface area (TPSA) is 92.6 Å². The largest absolute Gasteiger partial charge is 0.377 e. The second kappa shape index (κ2) is 6.04. The Kier molecular flexibility index (Phi) is 4.24. The van der Waals surface area contributed by atoms with E-state index in [1.165, 1.54) is 16.4 Å². The van der Waals surface area contributed by atoms with Crippen LogP contribution >= 0.6 is 0 Å². The van der Waals surface area contributed by atoms with Crippen LogP contribution < -0.4 is 5.32 Å². The van der Waals surface area contributed by atoms with Crippen LogP contribution in [0.1, 0.15) is 25.7 Å². The van der Waals surface area contributed by atoms with E-state index in [1.54, 1.807) is 0 Å². The number of piperidine rings is 1. The molecule has 2 aliphatic rings. The number of nitrogens with one attached hydrogen (secondary N) is 1. The van der Waals surface area contributed by atoms with E-state index in [2.05, 4.69) is 5.32 Å². The molecule has 23 heavy (non-hydrogen) atoms. The Morgan fingerprint density at radius 1 is 1.22 bits per heavy atom. The number of nitro benzene ring substituents is 1. The van der Waals surface area contributed by atoms with Gasteiger partial charge in [0.25, 0.3) is 5.69 Å². The summed E-state index contributed by atoms with van der Waals surface area (Å²) in [6.07, 6.45) is 2.62. The van der Waals surface area contributed by atoms with Crippen molar-refractivity contribution in [1.82, 2.24) is 4.31 Å².